The first-order valence-electron chi connectivity index (χ1n) is 9.09. The number of amides is 1. The lowest BCUT2D eigenvalue weighted by Gasteiger charge is -2.33. The smallest absolute Gasteiger partial charge is 0.232 e. The van der Waals surface area contributed by atoms with E-state index in [0.29, 0.717) is 25.3 Å². The molecule has 0 spiro atoms. The zero-order chi connectivity index (χ0) is 19.0. The average molecular weight is 384 g/mol. The van der Waals surface area contributed by atoms with Crippen LogP contribution in [0.1, 0.15) is 26.2 Å². The molecule has 1 heterocycles. The summed E-state index contributed by atoms with van der Waals surface area (Å²) in [5, 5.41) is 2.81. The largest absolute Gasteiger partial charge is 0.378 e. The van der Waals surface area contributed by atoms with Crippen LogP contribution < -0.4 is 14.5 Å². The Balaban J connectivity index is 2.13. The monoisotopic (exact) mass is 383 g/mol. The molecule has 7 nitrogen and oxygen atoms in total. The lowest BCUT2D eigenvalue weighted by molar-refractivity contribution is -0.121. The van der Waals surface area contributed by atoms with Crippen LogP contribution in [-0.2, 0) is 19.6 Å². The zero-order valence-corrected chi connectivity index (χ0v) is 16.4. The number of sulfonamides is 1. The van der Waals surface area contributed by atoms with Crippen LogP contribution >= 0.6 is 0 Å². The molecule has 0 saturated carbocycles. The van der Waals surface area contributed by atoms with Crippen molar-refractivity contribution in [3.05, 3.63) is 24.3 Å². The SMILES string of the molecule is CCCCC(=O)NCCN(c1ccccc1N1CCOCC1)S(C)(=O)=O. The summed E-state index contributed by atoms with van der Waals surface area (Å²) < 4.78 is 31.5. The average Bonchev–Trinajstić information content (AvgIpc) is 2.63. The van der Waals surface area contributed by atoms with Gasteiger partial charge in [-0.1, -0.05) is 25.5 Å². The standard InChI is InChI=1S/C18H29N3O4S/c1-3-4-9-18(22)19-10-11-21(26(2,23)24)17-8-6-5-7-16(17)20-12-14-25-15-13-20/h5-8H,3-4,9-15H2,1-2H3,(H,19,22). The quantitative estimate of drug-likeness (QED) is 0.701. The predicted molar refractivity (Wildman–Crippen MR) is 104 cm³/mol. The molecular formula is C18H29N3O4S. The molecule has 1 N–H and O–H groups in total. The van der Waals surface area contributed by atoms with E-state index in [-0.39, 0.29) is 19.0 Å². The molecule has 1 aromatic carbocycles. The van der Waals surface area contributed by atoms with Crippen molar-refractivity contribution in [2.75, 3.05) is 54.9 Å². The highest BCUT2D eigenvalue weighted by molar-refractivity contribution is 7.92. The molecule has 26 heavy (non-hydrogen) atoms. The summed E-state index contributed by atoms with van der Waals surface area (Å²) in [5.74, 6) is -0.0400. The van der Waals surface area contributed by atoms with Crippen molar-refractivity contribution in [3.8, 4) is 0 Å². The Morgan fingerprint density at radius 2 is 1.96 bits per heavy atom. The van der Waals surface area contributed by atoms with Crippen LogP contribution in [0.25, 0.3) is 0 Å². The molecule has 146 valence electrons. The highest BCUT2D eigenvalue weighted by Crippen LogP contribution is 2.31. The molecule has 1 fully saturated rings. The number of para-hydroxylation sites is 2. The van der Waals surface area contributed by atoms with Gasteiger partial charge in [-0.3, -0.25) is 9.10 Å². The van der Waals surface area contributed by atoms with Gasteiger partial charge in [-0.05, 0) is 18.6 Å². The van der Waals surface area contributed by atoms with Gasteiger partial charge in [0.05, 0.1) is 37.4 Å². The summed E-state index contributed by atoms with van der Waals surface area (Å²) >= 11 is 0. The van der Waals surface area contributed by atoms with E-state index in [2.05, 4.69) is 10.2 Å². The third-order valence-electron chi connectivity index (χ3n) is 4.30. The van der Waals surface area contributed by atoms with Gasteiger partial charge >= 0.3 is 0 Å². The van der Waals surface area contributed by atoms with Crippen molar-refractivity contribution in [1.29, 1.82) is 0 Å². The summed E-state index contributed by atoms with van der Waals surface area (Å²) in [6.45, 7) is 5.22. The summed E-state index contributed by atoms with van der Waals surface area (Å²) in [5.41, 5.74) is 1.51. The van der Waals surface area contributed by atoms with Crippen LogP contribution in [0.2, 0.25) is 0 Å². The van der Waals surface area contributed by atoms with E-state index in [0.717, 1.165) is 31.6 Å². The molecule has 2 rings (SSSR count). The molecule has 1 saturated heterocycles. The molecule has 1 aliphatic rings. The fraction of sp³-hybridized carbons (Fsp3) is 0.611. The highest BCUT2D eigenvalue weighted by atomic mass is 32.2. The van der Waals surface area contributed by atoms with Gasteiger partial charge in [0.1, 0.15) is 0 Å². The number of unbranched alkanes of at least 4 members (excludes halogenated alkanes) is 1. The van der Waals surface area contributed by atoms with Crippen LogP contribution in [0.15, 0.2) is 24.3 Å². The van der Waals surface area contributed by atoms with Crippen LogP contribution in [0, 0.1) is 0 Å². The number of hydrogen-bond donors (Lipinski definition) is 1. The van der Waals surface area contributed by atoms with Crippen LogP contribution in [-0.4, -0.2) is 60.0 Å². The van der Waals surface area contributed by atoms with Crippen LogP contribution in [0.3, 0.4) is 0 Å². The molecule has 0 atom stereocenters. The van der Waals surface area contributed by atoms with E-state index in [9.17, 15) is 13.2 Å². The highest BCUT2D eigenvalue weighted by Gasteiger charge is 2.23. The van der Waals surface area contributed by atoms with Crippen molar-refractivity contribution in [2.24, 2.45) is 0 Å². The number of nitrogens with zero attached hydrogens (tertiary/aromatic N) is 2. The number of morpholine rings is 1. The molecule has 0 radical (unpaired) electrons. The van der Waals surface area contributed by atoms with Crippen LogP contribution in [0.4, 0.5) is 11.4 Å². The minimum absolute atomic E-state index is 0.0400. The first-order chi connectivity index (χ1) is 12.4. The van der Waals surface area contributed by atoms with E-state index in [1.807, 2.05) is 31.2 Å². The Morgan fingerprint density at radius 1 is 1.27 bits per heavy atom. The number of carbonyl (C=O) groups excluding carboxylic acids is 1. The Labute approximate surface area is 156 Å². The maximum atomic E-state index is 12.4. The van der Waals surface area contributed by atoms with Crippen molar-refractivity contribution >= 4 is 27.3 Å². The second-order valence-corrected chi connectivity index (χ2v) is 8.28. The summed E-state index contributed by atoms with van der Waals surface area (Å²) in [6.07, 6.45) is 3.46. The minimum Gasteiger partial charge on any atom is -0.378 e. The third-order valence-corrected chi connectivity index (χ3v) is 5.48. The van der Waals surface area contributed by atoms with Crippen molar-refractivity contribution < 1.29 is 17.9 Å². The summed E-state index contributed by atoms with van der Waals surface area (Å²) in [7, 11) is -3.47. The summed E-state index contributed by atoms with van der Waals surface area (Å²) in [6, 6.07) is 7.47. The number of benzene rings is 1. The molecule has 1 aliphatic heterocycles. The molecule has 0 unspecified atom stereocenters. The fourth-order valence-corrected chi connectivity index (χ4v) is 3.87. The fourth-order valence-electron chi connectivity index (χ4n) is 2.93. The normalized spacial score (nSPS) is 14.9. The van der Waals surface area contributed by atoms with Gasteiger partial charge in [-0.2, -0.15) is 0 Å². The lowest BCUT2D eigenvalue weighted by atomic mass is 10.2. The number of ether oxygens (including phenoxy) is 1. The Hall–Kier alpha value is -1.80. The molecule has 8 heteroatoms. The Kier molecular flexibility index (Phi) is 7.71. The van der Waals surface area contributed by atoms with E-state index in [4.69, 9.17) is 4.74 Å². The second-order valence-electron chi connectivity index (χ2n) is 6.38. The van der Waals surface area contributed by atoms with Gasteiger partial charge < -0.3 is 15.0 Å². The van der Waals surface area contributed by atoms with E-state index in [1.165, 1.54) is 10.6 Å². The molecule has 0 bridgehead atoms. The first kappa shape index (κ1) is 20.5. The van der Waals surface area contributed by atoms with Gasteiger partial charge in [-0.25, -0.2) is 8.42 Å². The number of hydrogen-bond acceptors (Lipinski definition) is 5. The van der Waals surface area contributed by atoms with E-state index < -0.39 is 10.0 Å². The molecule has 1 amide bonds. The van der Waals surface area contributed by atoms with Crippen molar-refractivity contribution in [3.63, 3.8) is 0 Å². The van der Waals surface area contributed by atoms with E-state index in [1.54, 1.807) is 0 Å². The van der Waals surface area contributed by atoms with Gasteiger partial charge in [0.2, 0.25) is 15.9 Å². The molecular weight excluding hydrogens is 354 g/mol. The second kappa shape index (κ2) is 9.78. The first-order valence-corrected chi connectivity index (χ1v) is 10.9. The van der Waals surface area contributed by atoms with E-state index >= 15 is 0 Å². The molecule has 1 aromatic rings. The number of anilines is 2. The van der Waals surface area contributed by atoms with Crippen molar-refractivity contribution in [2.45, 2.75) is 26.2 Å². The number of rotatable bonds is 9. The van der Waals surface area contributed by atoms with Crippen molar-refractivity contribution in [1.82, 2.24) is 5.32 Å². The van der Waals surface area contributed by atoms with Gasteiger partial charge in [-0.15, -0.1) is 0 Å². The topological polar surface area (TPSA) is 79.0 Å². The number of nitrogens with one attached hydrogen (secondary N) is 1. The predicted octanol–water partition coefficient (Wildman–Crippen LogP) is 1.60. The van der Waals surface area contributed by atoms with Gasteiger partial charge in [0.15, 0.2) is 0 Å². The van der Waals surface area contributed by atoms with Gasteiger partial charge in [0.25, 0.3) is 0 Å². The lowest BCUT2D eigenvalue weighted by Crippen LogP contribution is -2.41. The number of carbonyl (C=O) groups is 1. The summed E-state index contributed by atoms with van der Waals surface area (Å²) in [4.78, 5) is 13.9. The maximum Gasteiger partial charge on any atom is 0.232 e. The Bertz CT molecular complexity index is 687. The Morgan fingerprint density at radius 3 is 2.62 bits per heavy atom. The zero-order valence-electron chi connectivity index (χ0n) is 15.6. The van der Waals surface area contributed by atoms with Gasteiger partial charge in [0, 0.05) is 26.1 Å². The molecule has 0 aromatic heterocycles. The molecule has 0 aliphatic carbocycles. The van der Waals surface area contributed by atoms with Crippen LogP contribution in [0.5, 0.6) is 0 Å². The minimum atomic E-state index is -3.47. The third kappa shape index (κ3) is 5.88. The maximum absolute atomic E-state index is 12.4.